The smallest absolute Gasteiger partial charge is 0.219 e. The maximum absolute atomic E-state index is 11.7. The number of halogens is 1. The Morgan fingerprint density at radius 1 is 1.00 bits per heavy atom. The lowest BCUT2D eigenvalue weighted by Gasteiger charge is -2.37. The Hall–Kier alpha value is -2.06. The quantitative estimate of drug-likeness (QED) is 0.690. The Morgan fingerprint density at radius 3 is 2.44 bits per heavy atom. The molecule has 128 valence electrons. The molecule has 0 radical (unpaired) electrons. The van der Waals surface area contributed by atoms with E-state index in [-0.39, 0.29) is 5.91 Å². The van der Waals surface area contributed by atoms with E-state index in [0.717, 1.165) is 31.0 Å². The van der Waals surface area contributed by atoms with E-state index in [9.17, 15) is 4.79 Å². The predicted octanol–water partition coefficient (Wildman–Crippen LogP) is 5.21. The number of piperidine rings is 1. The van der Waals surface area contributed by atoms with E-state index in [1.165, 1.54) is 22.3 Å². The number of carbonyl (C=O) groups excluding carboxylic acids is 1. The van der Waals surface area contributed by atoms with Crippen LogP contribution in [0.5, 0.6) is 0 Å². The Morgan fingerprint density at radius 2 is 1.68 bits per heavy atom. The molecule has 1 saturated heterocycles. The van der Waals surface area contributed by atoms with Gasteiger partial charge < -0.3 is 4.90 Å². The summed E-state index contributed by atoms with van der Waals surface area (Å²) in [6, 6.07) is 14.9. The summed E-state index contributed by atoms with van der Waals surface area (Å²) in [6.45, 7) is 3.38. The van der Waals surface area contributed by atoms with Crippen LogP contribution < -0.4 is 0 Å². The number of carbonyl (C=O) groups is 1. The van der Waals surface area contributed by atoms with Crippen LogP contribution in [0.25, 0.3) is 12.2 Å². The highest BCUT2D eigenvalue weighted by Crippen LogP contribution is 2.43. The SMILES string of the molecule is CC(=O)N1CCC(C2c3ccccc3C=Cc3cc(Cl)ccc32)CC1. The van der Waals surface area contributed by atoms with E-state index in [1.54, 1.807) is 6.92 Å². The van der Waals surface area contributed by atoms with Crippen molar-refractivity contribution in [1.82, 2.24) is 4.90 Å². The normalized spacial score (nSPS) is 19.9. The lowest BCUT2D eigenvalue weighted by molar-refractivity contribution is -0.130. The van der Waals surface area contributed by atoms with E-state index in [0.29, 0.717) is 11.8 Å². The minimum Gasteiger partial charge on any atom is -0.343 e. The van der Waals surface area contributed by atoms with Gasteiger partial charge in [0.15, 0.2) is 0 Å². The second-order valence-electron chi connectivity index (χ2n) is 7.06. The van der Waals surface area contributed by atoms with Gasteiger partial charge in [-0.1, -0.05) is 54.1 Å². The molecular weight excluding hydrogens is 330 g/mol. The largest absolute Gasteiger partial charge is 0.343 e. The number of amides is 1. The summed E-state index contributed by atoms with van der Waals surface area (Å²) < 4.78 is 0. The number of hydrogen-bond acceptors (Lipinski definition) is 1. The topological polar surface area (TPSA) is 20.3 Å². The molecule has 2 nitrogen and oxygen atoms in total. The van der Waals surface area contributed by atoms with Crippen molar-refractivity contribution in [2.75, 3.05) is 13.1 Å². The van der Waals surface area contributed by atoms with E-state index >= 15 is 0 Å². The molecule has 2 aliphatic rings. The first-order valence-corrected chi connectivity index (χ1v) is 9.33. The van der Waals surface area contributed by atoms with Gasteiger partial charge in [0.05, 0.1) is 0 Å². The average Bonchev–Trinajstić information content (AvgIpc) is 2.78. The van der Waals surface area contributed by atoms with Crippen LogP contribution in [0.3, 0.4) is 0 Å². The minimum absolute atomic E-state index is 0.188. The summed E-state index contributed by atoms with van der Waals surface area (Å²) in [5.74, 6) is 1.08. The fourth-order valence-electron chi connectivity index (χ4n) is 4.32. The molecule has 0 aromatic heterocycles. The second-order valence-corrected chi connectivity index (χ2v) is 7.49. The molecule has 1 fully saturated rings. The van der Waals surface area contributed by atoms with Crippen molar-refractivity contribution in [3.05, 3.63) is 69.7 Å². The maximum Gasteiger partial charge on any atom is 0.219 e. The van der Waals surface area contributed by atoms with E-state index < -0.39 is 0 Å². The van der Waals surface area contributed by atoms with Crippen molar-refractivity contribution < 1.29 is 4.79 Å². The molecule has 0 N–H and O–H groups in total. The fraction of sp³-hybridized carbons (Fsp3) is 0.318. The van der Waals surface area contributed by atoms with Gasteiger partial charge in [-0.3, -0.25) is 4.79 Å². The van der Waals surface area contributed by atoms with Gasteiger partial charge in [0.2, 0.25) is 5.91 Å². The number of rotatable bonds is 1. The van der Waals surface area contributed by atoms with Crippen molar-refractivity contribution in [2.45, 2.75) is 25.7 Å². The predicted molar refractivity (Wildman–Crippen MR) is 104 cm³/mol. The molecule has 1 aliphatic heterocycles. The molecule has 4 rings (SSSR count). The Balaban J connectivity index is 1.76. The van der Waals surface area contributed by atoms with Crippen LogP contribution in [0.4, 0.5) is 0 Å². The summed E-state index contributed by atoms with van der Waals surface area (Å²) in [5, 5.41) is 0.777. The van der Waals surface area contributed by atoms with E-state index in [2.05, 4.69) is 48.6 Å². The van der Waals surface area contributed by atoms with Gasteiger partial charge in [-0.25, -0.2) is 0 Å². The van der Waals surface area contributed by atoms with E-state index in [4.69, 9.17) is 11.6 Å². The zero-order valence-corrected chi connectivity index (χ0v) is 15.2. The summed E-state index contributed by atoms with van der Waals surface area (Å²) >= 11 is 6.25. The first-order chi connectivity index (χ1) is 12.1. The Kier molecular flexibility index (Phi) is 4.39. The summed E-state index contributed by atoms with van der Waals surface area (Å²) in [7, 11) is 0. The van der Waals surface area contributed by atoms with Gasteiger partial charge in [0, 0.05) is 31.0 Å². The lowest BCUT2D eigenvalue weighted by atomic mass is 9.74. The van der Waals surface area contributed by atoms with Crippen molar-refractivity contribution in [3.63, 3.8) is 0 Å². The highest BCUT2D eigenvalue weighted by atomic mass is 35.5. The standard InChI is InChI=1S/C22H22ClNO/c1-15(25)24-12-10-17(11-13-24)22-20-5-3-2-4-16(20)6-7-18-14-19(23)8-9-21(18)22/h2-9,14,17,22H,10-13H2,1H3. The van der Waals surface area contributed by atoms with Crippen molar-refractivity contribution in [2.24, 2.45) is 5.92 Å². The molecule has 1 atom stereocenters. The van der Waals surface area contributed by atoms with Crippen LogP contribution in [0.2, 0.25) is 5.02 Å². The number of likely N-dealkylation sites (tertiary alicyclic amines) is 1. The number of benzene rings is 2. The van der Waals surface area contributed by atoms with Crippen LogP contribution >= 0.6 is 11.6 Å². The molecule has 0 saturated carbocycles. The number of hydrogen-bond donors (Lipinski definition) is 0. The molecule has 0 bridgehead atoms. The molecule has 0 spiro atoms. The van der Waals surface area contributed by atoms with Crippen molar-refractivity contribution in [1.29, 1.82) is 0 Å². The Bertz CT molecular complexity index is 834. The van der Waals surface area contributed by atoms with Crippen LogP contribution in [0.15, 0.2) is 42.5 Å². The molecule has 1 unspecified atom stereocenters. The third-order valence-electron chi connectivity index (χ3n) is 5.61. The molecule has 1 aliphatic carbocycles. The van der Waals surface area contributed by atoms with Crippen molar-refractivity contribution in [3.8, 4) is 0 Å². The Labute approximate surface area is 154 Å². The molecule has 3 heteroatoms. The maximum atomic E-state index is 11.7. The second kappa shape index (κ2) is 6.68. The summed E-state index contributed by atoms with van der Waals surface area (Å²) in [4.78, 5) is 13.6. The van der Waals surface area contributed by atoms with Crippen LogP contribution in [0, 0.1) is 5.92 Å². The number of nitrogens with zero attached hydrogens (tertiary/aromatic N) is 1. The van der Waals surface area contributed by atoms with Gasteiger partial charge in [-0.2, -0.15) is 0 Å². The molecule has 2 aromatic rings. The van der Waals surface area contributed by atoms with Gasteiger partial charge in [-0.05, 0) is 53.1 Å². The third kappa shape index (κ3) is 3.11. The molecule has 1 heterocycles. The van der Waals surface area contributed by atoms with E-state index in [1.807, 2.05) is 11.0 Å². The van der Waals surface area contributed by atoms with Gasteiger partial charge in [0.1, 0.15) is 0 Å². The average molecular weight is 352 g/mol. The third-order valence-corrected chi connectivity index (χ3v) is 5.85. The first kappa shape index (κ1) is 16.4. The van der Waals surface area contributed by atoms with Crippen LogP contribution in [-0.2, 0) is 4.79 Å². The highest BCUT2D eigenvalue weighted by Gasteiger charge is 2.32. The molecule has 1 amide bonds. The van der Waals surface area contributed by atoms with Gasteiger partial charge >= 0.3 is 0 Å². The van der Waals surface area contributed by atoms with Crippen LogP contribution in [-0.4, -0.2) is 23.9 Å². The van der Waals surface area contributed by atoms with Gasteiger partial charge in [-0.15, -0.1) is 0 Å². The summed E-state index contributed by atoms with van der Waals surface area (Å²) in [5.41, 5.74) is 5.24. The zero-order chi connectivity index (χ0) is 17.4. The van der Waals surface area contributed by atoms with Crippen molar-refractivity contribution >= 4 is 29.7 Å². The molecule has 25 heavy (non-hydrogen) atoms. The monoisotopic (exact) mass is 351 g/mol. The minimum atomic E-state index is 0.188. The lowest BCUT2D eigenvalue weighted by Crippen LogP contribution is -2.38. The number of fused-ring (bicyclic) bond motifs is 2. The summed E-state index contributed by atoms with van der Waals surface area (Å²) in [6.07, 6.45) is 6.47. The van der Waals surface area contributed by atoms with Crippen LogP contribution in [0.1, 0.15) is 47.9 Å². The molecule has 2 aromatic carbocycles. The highest BCUT2D eigenvalue weighted by molar-refractivity contribution is 6.30. The molecular formula is C22H22ClNO. The fourth-order valence-corrected chi connectivity index (χ4v) is 4.50. The first-order valence-electron chi connectivity index (χ1n) is 8.95. The zero-order valence-electron chi connectivity index (χ0n) is 14.4. The van der Waals surface area contributed by atoms with Gasteiger partial charge in [0.25, 0.3) is 0 Å².